The Balaban J connectivity index is 2.09. The lowest BCUT2D eigenvalue weighted by Gasteiger charge is -2.27. The maximum atomic E-state index is 9.79. The van der Waals surface area contributed by atoms with E-state index in [9.17, 15) is 5.11 Å². The zero-order valence-corrected chi connectivity index (χ0v) is 10.6. The molecule has 2 rings (SSSR count). The Bertz CT molecular complexity index is 269. The van der Waals surface area contributed by atoms with Crippen molar-refractivity contribution < 1.29 is 28.8 Å². The SMILES string of the molecule is COC[C@@H](OC)[C@H]1OC(O)[C@H]2OC(C)(C)O[C@@H]12. The summed E-state index contributed by atoms with van der Waals surface area (Å²) in [4.78, 5) is 0. The molecule has 2 saturated heterocycles. The standard InChI is InChI=1S/C11H20O6/c1-11(2)16-8-7(6(14-4)5-13-3)15-10(12)9(8)17-11/h6-10,12H,5H2,1-4H3/t6-,7-,8+,9+,10?/m1/s1. The number of aliphatic hydroxyl groups is 1. The lowest BCUT2D eigenvalue weighted by Crippen LogP contribution is -2.42. The molecule has 0 aliphatic carbocycles. The average Bonchev–Trinajstić information content (AvgIpc) is 2.71. The first-order chi connectivity index (χ1) is 7.98. The van der Waals surface area contributed by atoms with Crippen molar-refractivity contribution in [2.24, 2.45) is 0 Å². The summed E-state index contributed by atoms with van der Waals surface area (Å²) >= 11 is 0. The lowest BCUT2D eigenvalue weighted by molar-refractivity contribution is -0.234. The average molecular weight is 248 g/mol. The highest BCUT2D eigenvalue weighted by Gasteiger charge is 2.56. The Morgan fingerprint density at radius 1 is 1.24 bits per heavy atom. The van der Waals surface area contributed by atoms with Gasteiger partial charge in [-0.15, -0.1) is 0 Å². The molecule has 0 aromatic rings. The first-order valence-electron chi connectivity index (χ1n) is 5.69. The quantitative estimate of drug-likeness (QED) is 0.748. The highest BCUT2D eigenvalue weighted by molar-refractivity contribution is 4.97. The van der Waals surface area contributed by atoms with E-state index in [1.807, 2.05) is 13.8 Å². The molecule has 2 heterocycles. The maximum absolute atomic E-state index is 9.79. The molecule has 17 heavy (non-hydrogen) atoms. The van der Waals surface area contributed by atoms with Gasteiger partial charge in [-0.2, -0.15) is 0 Å². The van der Waals surface area contributed by atoms with Gasteiger partial charge < -0.3 is 28.8 Å². The van der Waals surface area contributed by atoms with Crippen molar-refractivity contribution >= 4 is 0 Å². The third-order valence-corrected chi connectivity index (χ3v) is 3.07. The van der Waals surface area contributed by atoms with Crippen molar-refractivity contribution in [3.63, 3.8) is 0 Å². The Kier molecular flexibility index (Phi) is 3.72. The zero-order valence-electron chi connectivity index (χ0n) is 10.6. The van der Waals surface area contributed by atoms with Gasteiger partial charge in [-0.25, -0.2) is 0 Å². The van der Waals surface area contributed by atoms with E-state index in [1.54, 1.807) is 14.2 Å². The summed E-state index contributed by atoms with van der Waals surface area (Å²) < 4.78 is 27.1. The van der Waals surface area contributed by atoms with Gasteiger partial charge in [0.25, 0.3) is 0 Å². The van der Waals surface area contributed by atoms with Crippen molar-refractivity contribution in [3.8, 4) is 0 Å². The summed E-state index contributed by atoms with van der Waals surface area (Å²) in [5, 5.41) is 9.79. The predicted octanol–water partition coefficient (Wildman–Crippen LogP) is -0.115. The Morgan fingerprint density at radius 3 is 2.47 bits per heavy atom. The van der Waals surface area contributed by atoms with Crippen LogP contribution in [0, 0.1) is 0 Å². The van der Waals surface area contributed by atoms with Crippen LogP contribution in [-0.2, 0) is 23.7 Å². The van der Waals surface area contributed by atoms with E-state index < -0.39 is 18.2 Å². The summed E-state index contributed by atoms with van der Waals surface area (Å²) in [5.74, 6) is -0.705. The van der Waals surface area contributed by atoms with Gasteiger partial charge in [0.15, 0.2) is 12.1 Å². The van der Waals surface area contributed by atoms with E-state index in [0.717, 1.165) is 0 Å². The molecule has 0 radical (unpaired) electrons. The largest absolute Gasteiger partial charge is 0.382 e. The van der Waals surface area contributed by atoms with E-state index in [4.69, 9.17) is 23.7 Å². The van der Waals surface area contributed by atoms with Gasteiger partial charge in [0.1, 0.15) is 24.4 Å². The number of ether oxygens (including phenoxy) is 5. The van der Waals surface area contributed by atoms with Crippen molar-refractivity contribution in [1.82, 2.24) is 0 Å². The maximum Gasteiger partial charge on any atom is 0.184 e. The number of hydrogen-bond acceptors (Lipinski definition) is 6. The summed E-state index contributed by atoms with van der Waals surface area (Å²) in [5.41, 5.74) is 0. The van der Waals surface area contributed by atoms with Gasteiger partial charge in [0.05, 0.1) is 6.61 Å². The smallest absolute Gasteiger partial charge is 0.184 e. The number of fused-ring (bicyclic) bond motifs is 1. The molecule has 5 atom stereocenters. The molecule has 6 nitrogen and oxygen atoms in total. The van der Waals surface area contributed by atoms with E-state index in [0.29, 0.717) is 6.61 Å². The van der Waals surface area contributed by atoms with Crippen LogP contribution in [0.4, 0.5) is 0 Å². The molecule has 100 valence electrons. The highest BCUT2D eigenvalue weighted by Crippen LogP contribution is 2.39. The number of rotatable bonds is 4. The third-order valence-electron chi connectivity index (χ3n) is 3.07. The van der Waals surface area contributed by atoms with Crippen molar-refractivity contribution in [1.29, 1.82) is 0 Å². The van der Waals surface area contributed by atoms with Crippen LogP contribution in [0.5, 0.6) is 0 Å². The minimum absolute atomic E-state index is 0.290. The monoisotopic (exact) mass is 248 g/mol. The number of methoxy groups -OCH3 is 2. The Labute approximate surface area is 101 Å². The number of aliphatic hydroxyl groups excluding tert-OH is 1. The normalized spacial score (nSPS) is 41.5. The molecule has 0 amide bonds. The van der Waals surface area contributed by atoms with Crippen molar-refractivity contribution in [2.75, 3.05) is 20.8 Å². The van der Waals surface area contributed by atoms with Crippen LogP contribution in [0.15, 0.2) is 0 Å². The Hall–Kier alpha value is -0.240. The second-order valence-corrected chi connectivity index (χ2v) is 4.79. The van der Waals surface area contributed by atoms with E-state index in [1.165, 1.54) is 0 Å². The van der Waals surface area contributed by atoms with Gasteiger partial charge in [-0.3, -0.25) is 0 Å². The van der Waals surface area contributed by atoms with E-state index in [-0.39, 0.29) is 18.3 Å². The molecule has 2 fully saturated rings. The zero-order chi connectivity index (χ0) is 12.6. The van der Waals surface area contributed by atoms with Crippen LogP contribution < -0.4 is 0 Å². The van der Waals surface area contributed by atoms with Gasteiger partial charge in [-0.05, 0) is 13.8 Å². The van der Waals surface area contributed by atoms with Crippen LogP contribution in [0.2, 0.25) is 0 Å². The van der Waals surface area contributed by atoms with E-state index in [2.05, 4.69) is 0 Å². The lowest BCUT2D eigenvalue weighted by atomic mass is 10.1. The van der Waals surface area contributed by atoms with E-state index >= 15 is 0 Å². The molecule has 0 aromatic carbocycles. The summed E-state index contributed by atoms with van der Waals surface area (Å²) in [6.07, 6.45) is -2.46. The molecule has 0 bridgehead atoms. The molecule has 2 aliphatic heterocycles. The van der Waals surface area contributed by atoms with Crippen LogP contribution in [0.25, 0.3) is 0 Å². The first kappa shape index (κ1) is 13.2. The molecular formula is C11H20O6. The fraction of sp³-hybridized carbons (Fsp3) is 1.00. The van der Waals surface area contributed by atoms with Crippen LogP contribution >= 0.6 is 0 Å². The molecule has 1 N–H and O–H groups in total. The molecule has 0 saturated carbocycles. The second-order valence-electron chi connectivity index (χ2n) is 4.79. The number of hydrogen-bond donors (Lipinski definition) is 1. The summed E-state index contributed by atoms with van der Waals surface area (Å²) in [6, 6.07) is 0. The van der Waals surface area contributed by atoms with Crippen LogP contribution in [0.3, 0.4) is 0 Å². The predicted molar refractivity (Wildman–Crippen MR) is 57.4 cm³/mol. The van der Waals surface area contributed by atoms with Gasteiger partial charge >= 0.3 is 0 Å². The van der Waals surface area contributed by atoms with Crippen molar-refractivity contribution in [2.45, 2.75) is 50.3 Å². The van der Waals surface area contributed by atoms with Gasteiger partial charge in [0.2, 0.25) is 0 Å². The fourth-order valence-electron chi connectivity index (χ4n) is 2.37. The third kappa shape index (κ3) is 2.47. The van der Waals surface area contributed by atoms with Gasteiger partial charge in [0, 0.05) is 14.2 Å². The van der Waals surface area contributed by atoms with Crippen LogP contribution in [0.1, 0.15) is 13.8 Å². The summed E-state index contributed by atoms with van der Waals surface area (Å²) in [6.45, 7) is 4.00. The first-order valence-corrected chi connectivity index (χ1v) is 5.69. The van der Waals surface area contributed by atoms with Crippen molar-refractivity contribution in [3.05, 3.63) is 0 Å². The summed E-state index contributed by atoms with van der Waals surface area (Å²) in [7, 11) is 3.17. The minimum Gasteiger partial charge on any atom is -0.382 e. The Morgan fingerprint density at radius 2 is 1.88 bits per heavy atom. The molecule has 1 unspecified atom stereocenters. The minimum atomic E-state index is -0.985. The molecule has 2 aliphatic rings. The highest BCUT2D eigenvalue weighted by atomic mass is 16.8. The fourth-order valence-corrected chi connectivity index (χ4v) is 2.37. The molecule has 0 spiro atoms. The second kappa shape index (κ2) is 4.79. The van der Waals surface area contributed by atoms with Crippen LogP contribution in [-0.4, -0.2) is 62.4 Å². The molecule has 6 heteroatoms. The van der Waals surface area contributed by atoms with Gasteiger partial charge in [-0.1, -0.05) is 0 Å². The topological polar surface area (TPSA) is 66.4 Å². The molecular weight excluding hydrogens is 228 g/mol. The molecule has 0 aromatic heterocycles.